The molecule has 0 aliphatic heterocycles. The first kappa shape index (κ1) is 23.5. The molecule has 0 bridgehead atoms. The third kappa shape index (κ3) is 5.89. The van der Waals surface area contributed by atoms with E-state index in [0.29, 0.717) is 11.7 Å². The predicted molar refractivity (Wildman–Crippen MR) is 118 cm³/mol. The van der Waals surface area contributed by atoms with Crippen LogP contribution in [0.25, 0.3) is 0 Å². The number of amides is 1. The molecule has 1 aromatic heterocycles. The van der Waals surface area contributed by atoms with Crippen molar-refractivity contribution in [3.05, 3.63) is 50.2 Å². The van der Waals surface area contributed by atoms with Crippen molar-refractivity contribution in [3.63, 3.8) is 0 Å². The highest BCUT2D eigenvalue weighted by molar-refractivity contribution is 6.52. The predicted octanol–water partition coefficient (Wildman–Crippen LogP) is 5.73. The average molecular weight is 479 g/mol. The first-order valence-electron chi connectivity index (χ1n) is 8.69. The van der Waals surface area contributed by atoms with Gasteiger partial charge in [0.1, 0.15) is 5.15 Å². The van der Waals surface area contributed by atoms with Gasteiger partial charge < -0.3 is 15.0 Å². The molecule has 0 saturated heterocycles. The lowest BCUT2D eigenvalue weighted by molar-refractivity contribution is -0.119. The van der Waals surface area contributed by atoms with E-state index in [0.717, 1.165) is 12.2 Å². The quantitative estimate of drug-likeness (QED) is 0.406. The number of hydrogen-bond acceptors (Lipinski definition) is 5. The maximum atomic E-state index is 12.1. The molecular formula is C19H19Cl4N3O3. The lowest BCUT2D eigenvalue weighted by Gasteiger charge is -2.27. The number of hydrogen-bond donors (Lipinski definition) is 1. The van der Waals surface area contributed by atoms with Gasteiger partial charge in [-0.2, -0.15) is 0 Å². The number of nitrogens with zero attached hydrogens (tertiary/aromatic N) is 2. The topological polar surface area (TPSA) is 71.5 Å². The molecule has 10 heteroatoms. The molecule has 2 aromatic rings. The Morgan fingerprint density at radius 3 is 2.24 bits per heavy atom. The van der Waals surface area contributed by atoms with Crippen molar-refractivity contribution >= 4 is 69.7 Å². The van der Waals surface area contributed by atoms with Crippen molar-refractivity contribution in [2.24, 2.45) is 0 Å². The van der Waals surface area contributed by atoms with E-state index in [1.54, 1.807) is 12.1 Å². The van der Waals surface area contributed by atoms with Crippen molar-refractivity contribution < 1.29 is 14.3 Å². The summed E-state index contributed by atoms with van der Waals surface area (Å²) in [6.45, 7) is 6.62. The monoisotopic (exact) mass is 477 g/mol. The molecule has 0 fully saturated rings. The molecule has 0 aliphatic rings. The molecule has 0 aliphatic carbocycles. The Kier molecular flexibility index (Phi) is 8.40. The standard InChI is InChI=1S/C19H19Cl4N3O3/c1-4-26(10(2)3)12-7-5-11(6-8-12)24-13(27)9-29-19(28)17-15(21)14(20)16(22)18(23)25-17/h5-8,10H,4,9H2,1-3H3,(H,24,27). The number of halogens is 4. The number of nitrogens with one attached hydrogen (secondary N) is 1. The lowest BCUT2D eigenvalue weighted by Crippen LogP contribution is -2.30. The van der Waals surface area contributed by atoms with Gasteiger partial charge in [0, 0.05) is 24.0 Å². The highest BCUT2D eigenvalue weighted by Crippen LogP contribution is 2.36. The Balaban J connectivity index is 1.97. The van der Waals surface area contributed by atoms with Gasteiger partial charge in [-0.15, -0.1) is 0 Å². The number of esters is 1. The molecule has 6 nitrogen and oxygen atoms in total. The first-order chi connectivity index (χ1) is 13.6. The number of carbonyl (C=O) groups is 2. The van der Waals surface area contributed by atoms with E-state index >= 15 is 0 Å². The third-order valence-corrected chi connectivity index (χ3v) is 5.64. The van der Waals surface area contributed by atoms with Crippen LogP contribution in [0.5, 0.6) is 0 Å². The molecule has 0 spiro atoms. The summed E-state index contributed by atoms with van der Waals surface area (Å²) in [7, 11) is 0. The van der Waals surface area contributed by atoms with Crippen molar-refractivity contribution in [1.82, 2.24) is 4.98 Å². The highest BCUT2D eigenvalue weighted by atomic mass is 35.5. The molecule has 1 N–H and O–H groups in total. The minimum atomic E-state index is -0.948. The van der Waals surface area contributed by atoms with Gasteiger partial charge in [0.2, 0.25) is 0 Å². The molecule has 29 heavy (non-hydrogen) atoms. The van der Waals surface area contributed by atoms with Gasteiger partial charge in [0.05, 0.1) is 15.1 Å². The fraction of sp³-hybridized carbons (Fsp3) is 0.316. The van der Waals surface area contributed by atoms with Crippen LogP contribution in [0, 0.1) is 0 Å². The molecule has 2 rings (SSSR count). The zero-order valence-electron chi connectivity index (χ0n) is 15.9. The number of benzene rings is 1. The fourth-order valence-corrected chi connectivity index (χ4v) is 3.41. The van der Waals surface area contributed by atoms with E-state index in [-0.39, 0.29) is 25.9 Å². The van der Waals surface area contributed by atoms with Crippen LogP contribution >= 0.6 is 46.4 Å². The second kappa shape index (κ2) is 10.3. The van der Waals surface area contributed by atoms with Crippen LogP contribution in [0.3, 0.4) is 0 Å². The van der Waals surface area contributed by atoms with Gasteiger partial charge in [0.15, 0.2) is 12.3 Å². The van der Waals surface area contributed by atoms with E-state index in [1.807, 2.05) is 12.1 Å². The van der Waals surface area contributed by atoms with Gasteiger partial charge in [-0.05, 0) is 45.0 Å². The SMILES string of the molecule is CCN(c1ccc(NC(=O)COC(=O)c2nc(Cl)c(Cl)c(Cl)c2Cl)cc1)C(C)C. The molecule has 1 heterocycles. The second-order valence-corrected chi connectivity index (χ2v) is 7.74. The van der Waals surface area contributed by atoms with Gasteiger partial charge in [-0.25, -0.2) is 9.78 Å². The summed E-state index contributed by atoms with van der Waals surface area (Å²) in [6, 6.07) is 7.73. The van der Waals surface area contributed by atoms with Gasteiger partial charge in [-0.1, -0.05) is 46.4 Å². The Labute approximate surface area is 189 Å². The van der Waals surface area contributed by atoms with Crippen molar-refractivity contribution in [2.75, 3.05) is 23.4 Å². The summed E-state index contributed by atoms with van der Waals surface area (Å²) < 4.78 is 4.94. The van der Waals surface area contributed by atoms with Gasteiger partial charge >= 0.3 is 5.97 Å². The van der Waals surface area contributed by atoms with Crippen molar-refractivity contribution in [1.29, 1.82) is 0 Å². The van der Waals surface area contributed by atoms with Crippen LogP contribution in [0.1, 0.15) is 31.3 Å². The van der Waals surface area contributed by atoms with Crippen LogP contribution in [-0.2, 0) is 9.53 Å². The van der Waals surface area contributed by atoms with E-state index in [9.17, 15) is 9.59 Å². The number of carbonyl (C=O) groups excluding carboxylic acids is 2. The molecule has 0 saturated carbocycles. The van der Waals surface area contributed by atoms with Gasteiger partial charge in [0.25, 0.3) is 5.91 Å². The summed E-state index contributed by atoms with van der Waals surface area (Å²) in [4.78, 5) is 30.2. The number of anilines is 2. The summed E-state index contributed by atoms with van der Waals surface area (Å²) in [5.74, 6) is -1.47. The Hall–Kier alpha value is -1.73. The summed E-state index contributed by atoms with van der Waals surface area (Å²) in [5, 5.41) is 2.06. The van der Waals surface area contributed by atoms with E-state index in [4.69, 9.17) is 51.1 Å². The van der Waals surface area contributed by atoms with Crippen molar-refractivity contribution in [3.8, 4) is 0 Å². The zero-order chi connectivity index (χ0) is 21.7. The molecular weight excluding hydrogens is 460 g/mol. The first-order valence-corrected chi connectivity index (χ1v) is 10.2. The second-order valence-electron chi connectivity index (χ2n) is 6.24. The highest BCUT2D eigenvalue weighted by Gasteiger charge is 2.22. The fourth-order valence-electron chi connectivity index (χ4n) is 2.60. The summed E-state index contributed by atoms with van der Waals surface area (Å²) in [5.41, 5.74) is 1.30. The largest absolute Gasteiger partial charge is 0.451 e. The normalized spacial score (nSPS) is 10.8. The molecule has 0 atom stereocenters. The van der Waals surface area contributed by atoms with Crippen LogP contribution in [-0.4, -0.2) is 36.1 Å². The van der Waals surface area contributed by atoms with Crippen LogP contribution in [0.4, 0.5) is 11.4 Å². The average Bonchev–Trinajstić information content (AvgIpc) is 2.69. The molecule has 0 unspecified atom stereocenters. The number of rotatable bonds is 7. The minimum Gasteiger partial charge on any atom is -0.451 e. The molecule has 0 radical (unpaired) electrons. The number of pyridine rings is 1. The maximum absolute atomic E-state index is 12.1. The van der Waals surface area contributed by atoms with Gasteiger partial charge in [-0.3, -0.25) is 4.79 Å². The van der Waals surface area contributed by atoms with Crippen LogP contribution in [0.15, 0.2) is 24.3 Å². The Bertz CT molecular complexity index is 905. The van der Waals surface area contributed by atoms with Crippen molar-refractivity contribution in [2.45, 2.75) is 26.8 Å². The Morgan fingerprint density at radius 2 is 1.69 bits per heavy atom. The van der Waals surface area contributed by atoms with E-state index in [1.165, 1.54) is 0 Å². The number of aromatic nitrogens is 1. The Morgan fingerprint density at radius 1 is 1.07 bits per heavy atom. The number of ether oxygens (including phenoxy) is 1. The molecule has 1 amide bonds. The third-order valence-electron chi connectivity index (χ3n) is 3.96. The zero-order valence-corrected chi connectivity index (χ0v) is 19.0. The summed E-state index contributed by atoms with van der Waals surface area (Å²) >= 11 is 23.4. The van der Waals surface area contributed by atoms with E-state index in [2.05, 4.69) is 36.0 Å². The lowest BCUT2D eigenvalue weighted by atomic mass is 10.2. The minimum absolute atomic E-state index is 0.0739. The summed E-state index contributed by atoms with van der Waals surface area (Å²) in [6.07, 6.45) is 0. The van der Waals surface area contributed by atoms with Crippen LogP contribution < -0.4 is 10.2 Å². The smallest absolute Gasteiger partial charge is 0.359 e. The van der Waals surface area contributed by atoms with Crippen LogP contribution in [0.2, 0.25) is 20.2 Å². The molecule has 156 valence electrons. The molecule has 1 aromatic carbocycles. The maximum Gasteiger partial charge on any atom is 0.359 e. The van der Waals surface area contributed by atoms with E-state index < -0.39 is 18.5 Å².